The molecule has 0 fully saturated rings. The second-order valence-corrected chi connectivity index (χ2v) is 6.00. The first-order valence-corrected chi connectivity index (χ1v) is 8.36. The Kier molecular flexibility index (Phi) is 4.56. The van der Waals surface area contributed by atoms with E-state index in [9.17, 15) is 4.79 Å². The number of imidazole rings is 1. The van der Waals surface area contributed by atoms with Gasteiger partial charge in [0.25, 0.3) is 0 Å². The van der Waals surface area contributed by atoms with Crippen LogP contribution in [0.3, 0.4) is 0 Å². The van der Waals surface area contributed by atoms with Crippen LogP contribution >= 0.6 is 0 Å². The number of hydrogen-bond donors (Lipinski definition) is 1. The third kappa shape index (κ3) is 2.75. The van der Waals surface area contributed by atoms with Crippen LogP contribution in [-0.4, -0.2) is 9.13 Å². The summed E-state index contributed by atoms with van der Waals surface area (Å²) >= 11 is 0. The summed E-state index contributed by atoms with van der Waals surface area (Å²) in [6.45, 7) is 2.16. The minimum absolute atomic E-state index is 0.0365. The van der Waals surface area contributed by atoms with Gasteiger partial charge in [-0.2, -0.15) is 0 Å². The number of hydrogen-bond acceptors (Lipinski definition) is 2. The van der Waals surface area contributed by atoms with Crippen LogP contribution < -0.4 is 11.4 Å². The van der Waals surface area contributed by atoms with Crippen molar-refractivity contribution in [1.82, 2.24) is 9.13 Å². The molecule has 4 nitrogen and oxygen atoms in total. The molecule has 2 aromatic carbocycles. The Hall–Kier alpha value is -2.75. The summed E-state index contributed by atoms with van der Waals surface area (Å²) in [7, 11) is 1.84. The summed E-state index contributed by atoms with van der Waals surface area (Å²) in [6.07, 6.45) is 2.96. The molecule has 3 aromatic rings. The summed E-state index contributed by atoms with van der Waals surface area (Å²) < 4.78 is 3.53. The van der Waals surface area contributed by atoms with E-state index in [1.54, 1.807) is 9.13 Å². The highest BCUT2D eigenvalue weighted by Gasteiger charge is 2.21. The Balaban J connectivity index is 2.33. The number of benzene rings is 2. The van der Waals surface area contributed by atoms with Gasteiger partial charge >= 0.3 is 5.69 Å². The summed E-state index contributed by atoms with van der Waals surface area (Å²) in [5.74, 6) is 0. The maximum absolute atomic E-state index is 12.9. The van der Waals surface area contributed by atoms with E-state index in [2.05, 4.69) is 6.92 Å². The normalized spacial score (nSPS) is 10.9. The smallest absolute Gasteiger partial charge is 0.333 e. The monoisotopic (exact) mass is 321 g/mol. The van der Waals surface area contributed by atoms with Crippen molar-refractivity contribution in [3.63, 3.8) is 0 Å². The molecule has 0 radical (unpaired) electrons. The van der Waals surface area contributed by atoms with Crippen molar-refractivity contribution in [3.05, 3.63) is 70.8 Å². The summed E-state index contributed by atoms with van der Waals surface area (Å²) in [4.78, 5) is 12.9. The van der Waals surface area contributed by atoms with Gasteiger partial charge < -0.3 is 5.73 Å². The lowest BCUT2D eigenvalue weighted by Gasteiger charge is -2.12. The van der Waals surface area contributed by atoms with Crippen molar-refractivity contribution < 1.29 is 0 Å². The standard InChI is InChI=1S/C20H23N3O/c1-3-4-14-18-19(16-12-8-9-13-17(16)21)23(20(24)22(18)2)15-10-6-5-7-11-15/h5-13H,3-4,14,21H2,1-2H3. The minimum Gasteiger partial charge on any atom is -0.398 e. The van der Waals surface area contributed by atoms with Crippen molar-refractivity contribution in [2.24, 2.45) is 7.05 Å². The van der Waals surface area contributed by atoms with E-state index < -0.39 is 0 Å². The van der Waals surface area contributed by atoms with E-state index in [0.717, 1.165) is 41.9 Å². The molecule has 0 bridgehead atoms. The Bertz CT molecular complexity index is 891. The van der Waals surface area contributed by atoms with Crippen LogP contribution in [-0.2, 0) is 13.5 Å². The van der Waals surface area contributed by atoms with Crippen LogP contribution in [0, 0.1) is 0 Å². The van der Waals surface area contributed by atoms with Crippen molar-refractivity contribution in [3.8, 4) is 16.9 Å². The number of unbranched alkanes of at least 4 members (excludes halogenated alkanes) is 1. The molecule has 1 aromatic heterocycles. The zero-order valence-electron chi connectivity index (χ0n) is 14.2. The summed E-state index contributed by atoms with van der Waals surface area (Å²) in [5, 5.41) is 0. The lowest BCUT2D eigenvalue weighted by molar-refractivity contribution is 0.718. The van der Waals surface area contributed by atoms with Crippen LogP contribution in [0.5, 0.6) is 0 Å². The fourth-order valence-electron chi connectivity index (χ4n) is 3.08. The molecule has 0 aliphatic heterocycles. The summed E-state index contributed by atoms with van der Waals surface area (Å²) in [6, 6.07) is 17.5. The number of anilines is 1. The molecule has 0 unspecified atom stereocenters. The molecule has 0 saturated heterocycles. The zero-order chi connectivity index (χ0) is 17.1. The van der Waals surface area contributed by atoms with E-state index in [4.69, 9.17) is 5.73 Å². The van der Waals surface area contributed by atoms with Gasteiger partial charge in [-0.1, -0.05) is 49.7 Å². The third-order valence-electron chi connectivity index (χ3n) is 4.38. The number of nitrogens with two attached hydrogens (primary N) is 1. The lowest BCUT2D eigenvalue weighted by atomic mass is 10.0. The van der Waals surface area contributed by atoms with Gasteiger partial charge in [0.15, 0.2) is 0 Å². The molecule has 24 heavy (non-hydrogen) atoms. The highest BCUT2D eigenvalue weighted by Crippen LogP contribution is 2.31. The number of aromatic nitrogens is 2. The van der Waals surface area contributed by atoms with Crippen LogP contribution in [0.25, 0.3) is 16.9 Å². The van der Waals surface area contributed by atoms with Gasteiger partial charge in [0.2, 0.25) is 0 Å². The first-order valence-electron chi connectivity index (χ1n) is 8.36. The molecule has 0 aliphatic rings. The molecule has 0 atom stereocenters. The van der Waals surface area contributed by atoms with Crippen LogP contribution in [0.4, 0.5) is 5.69 Å². The minimum atomic E-state index is -0.0365. The number of nitrogen functional groups attached to an aromatic ring is 1. The molecule has 2 N–H and O–H groups in total. The van der Waals surface area contributed by atoms with Gasteiger partial charge in [0.1, 0.15) is 0 Å². The van der Waals surface area contributed by atoms with Gasteiger partial charge in [0.05, 0.1) is 11.4 Å². The van der Waals surface area contributed by atoms with Crippen molar-refractivity contribution in [2.45, 2.75) is 26.2 Å². The molecule has 0 aliphatic carbocycles. The summed E-state index contributed by atoms with van der Waals surface area (Å²) in [5.41, 5.74) is 10.6. The lowest BCUT2D eigenvalue weighted by Crippen LogP contribution is -2.21. The van der Waals surface area contributed by atoms with Gasteiger partial charge in [-0.15, -0.1) is 0 Å². The van der Waals surface area contributed by atoms with Crippen LogP contribution in [0.15, 0.2) is 59.4 Å². The molecule has 124 valence electrons. The Morgan fingerprint density at radius 3 is 2.33 bits per heavy atom. The molecular formula is C20H23N3O. The Labute approximate surface area is 142 Å². The maximum atomic E-state index is 12.9. The fourth-order valence-corrected chi connectivity index (χ4v) is 3.08. The van der Waals surface area contributed by atoms with Crippen molar-refractivity contribution in [2.75, 3.05) is 5.73 Å². The van der Waals surface area contributed by atoms with E-state index in [1.807, 2.05) is 61.6 Å². The SMILES string of the molecule is CCCCc1c(-c2ccccc2N)n(-c2ccccc2)c(=O)n1C. The first kappa shape index (κ1) is 16.1. The molecule has 0 spiro atoms. The van der Waals surface area contributed by atoms with Crippen molar-refractivity contribution in [1.29, 1.82) is 0 Å². The molecule has 0 amide bonds. The highest BCUT2D eigenvalue weighted by atomic mass is 16.1. The van der Waals surface area contributed by atoms with Gasteiger partial charge in [-0.25, -0.2) is 4.79 Å². The predicted octanol–water partition coefficient (Wildman–Crippen LogP) is 3.77. The second kappa shape index (κ2) is 6.79. The van der Waals surface area contributed by atoms with E-state index in [-0.39, 0.29) is 5.69 Å². The number of para-hydroxylation sites is 2. The molecular weight excluding hydrogens is 298 g/mol. The van der Waals surface area contributed by atoms with Crippen LogP contribution in [0.2, 0.25) is 0 Å². The molecule has 1 heterocycles. The molecule has 4 heteroatoms. The Morgan fingerprint density at radius 2 is 1.67 bits per heavy atom. The average Bonchev–Trinajstić information content (AvgIpc) is 2.85. The van der Waals surface area contributed by atoms with Gasteiger partial charge in [-0.3, -0.25) is 9.13 Å². The van der Waals surface area contributed by atoms with E-state index >= 15 is 0 Å². The topological polar surface area (TPSA) is 52.9 Å². The molecule has 0 saturated carbocycles. The van der Waals surface area contributed by atoms with Gasteiger partial charge in [-0.05, 0) is 31.0 Å². The average molecular weight is 321 g/mol. The van der Waals surface area contributed by atoms with Gasteiger partial charge in [0, 0.05) is 24.0 Å². The van der Waals surface area contributed by atoms with E-state index in [1.165, 1.54) is 0 Å². The first-order chi connectivity index (χ1) is 11.6. The maximum Gasteiger partial charge on any atom is 0.333 e. The van der Waals surface area contributed by atoms with Crippen molar-refractivity contribution >= 4 is 5.69 Å². The van der Waals surface area contributed by atoms with Crippen LogP contribution in [0.1, 0.15) is 25.5 Å². The number of nitrogens with zero attached hydrogens (tertiary/aromatic N) is 2. The quantitative estimate of drug-likeness (QED) is 0.727. The number of rotatable bonds is 5. The zero-order valence-corrected chi connectivity index (χ0v) is 14.2. The second-order valence-electron chi connectivity index (χ2n) is 6.00. The van der Waals surface area contributed by atoms with E-state index in [0.29, 0.717) is 5.69 Å². The third-order valence-corrected chi connectivity index (χ3v) is 4.38. The fraction of sp³-hybridized carbons (Fsp3) is 0.250. The predicted molar refractivity (Wildman–Crippen MR) is 99.5 cm³/mol. The Morgan fingerprint density at radius 1 is 1.00 bits per heavy atom. The largest absolute Gasteiger partial charge is 0.398 e. The molecule has 3 rings (SSSR count). The highest BCUT2D eigenvalue weighted by molar-refractivity contribution is 5.77.